The van der Waals surface area contributed by atoms with E-state index in [1.807, 2.05) is 19.9 Å². The molecule has 17 heavy (non-hydrogen) atoms. The molecule has 0 fully saturated rings. The molecule has 1 amide bonds. The van der Waals surface area contributed by atoms with E-state index in [9.17, 15) is 4.79 Å². The molecule has 92 valence electrons. The van der Waals surface area contributed by atoms with Gasteiger partial charge in [0.15, 0.2) is 0 Å². The third kappa shape index (κ3) is 2.07. The number of amides is 1. The summed E-state index contributed by atoms with van der Waals surface area (Å²) in [7, 11) is 3.18. The first-order valence-electron chi connectivity index (χ1n) is 5.54. The largest absolute Gasteiger partial charge is 0.497 e. The zero-order valence-electron chi connectivity index (χ0n) is 10.6. The summed E-state index contributed by atoms with van der Waals surface area (Å²) < 4.78 is 10.5. The molecule has 4 nitrogen and oxygen atoms in total. The van der Waals surface area contributed by atoms with Crippen molar-refractivity contribution in [3.63, 3.8) is 0 Å². The first-order chi connectivity index (χ1) is 7.96. The standard InChI is InChI=1S/C13H17NO3/c1-13(2)7-10-9(12(15)14-13)5-8(16-3)6-11(10)17-4/h5-6H,7H2,1-4H3,(H,14,15). The molecule has 0 radical (unpaired) electrons. The molecule has 0 saturated carbocycles. The minimum atomic E-state index is -0.244. The predicted molar refractivity (Wildman–Crippen MR) is 64.8 cm³/mol. The molecule has 0 bridgehead atoms. The summed E-state index contributed by atoms with van der Waals surface area (Å²) in [6.07, 6.45) is 0.751. The van der Waals surface area contributed by atoms with Crippen molar-refractivity contribution in [2.75, 3.05) is 14.2 Å². The number of hydrogen-bond acceptors (Lipinski definition) is 3. The van der Waals surface area contributed by atoms with E-state index < -0.39 is 0 Å². The van der Waals surface area contributed by atoms with E-state index >= 15 is 0 Å². The van der Waals surface area contributed by atoms with Gasteiger partial charge in [-0.3, -0.25) is 4.79 Å². The van der Waals surface area contributed by atoms with Gasteiger partial charge in [-0.2, -0.15) is 0 Å². The van der Waals surface area contributed by atoms with Crippen molar-refractivity contribution < 1.29 is 14.3 Å². The van der Waals surface area contributed by atoms with Gasteiger partial charge in [-0.1, -0.05) is 0 Å². The monoisotopic (exact) mass is 235 g/mol. The van der Waals surface area contributed by atoms with Crippen molar-refractivity contribution in [1.82, 2.24) is 5.32 Å². The van der Waals surface area contributed by atoms with Crippen molar-refractivity contribution >= 4 is 5.91 Å². The van der Waals surface area contributed by atoms with E-state index in [4.69, 9.17) is 9.47 Å². The quantitative estimate of drug-likeness (QED) is 0.849. The van der Waals surface area contributed by atoms with Crippen LogP contribution in [0.4, 0.5) is 0 Å². The van der Waals surface area contributed by atoms with Gasteiger partial charge in [0.05, 0.1) is 14.2 Å². The highest BCUT2D eigenvalue weighted by molar-refractivity contribution is 5.98. The van der Waals surface area contributed by atoms with Gasteiger partial charge in [0, 0.05) is 22.7 Å². The molecule has 0 atom stereocenters. The second-order valence-electron chi connectivity index (χ2n) is 4.87. The third-order valence-electron chi connectivity index (χ3n) is 2.95. The fraction of sp³-hybridized carbons (Fsp3) is 0.462. The maximum Gasteiger partial charge on any atom is 0.252 e. The van der Waals surface area contributed by atoms with Crippen LogP contribution in [0.3, 0.4) is 0 Å². The molecule has 2 rings (SSSR count). The van der Waals surface area contributed by atoms with Crippen molar-refractivity contribution in [3.05, 3.63) is 23.3 Å². The summed E-state index contributed by atoms with van der Waals surface area (Å²) >= 11 is 0. The first-order valence-corrected chi connectivity index (χ1v) is 5.54. The zero-order valence-corrected chi connectivity index (χ0v) is 10.6. The van der Waals surface area contributed by atoms with Crippen molar-refractivity contribution in [2.24, 2.45) is 0 Å². The molecule has 4 heteroatoms. The van der Waals surface area contributed by atoms with E-state index in [-0.39, 0.29) is 11.4 Å². The van der Waals surface area contributed by atoms with Gasteiger partial charge in [0.1, 0.15) is 11.5 Å². The van der Waals surface area contributed by atoms with Crippen LogP contribution in [0.1, 0.15) is 29.8 Å². The molecular weight excluding hydrogens is 218 g/mol. The number of ether oxygens (including phenoxy) is 2. The fourth-order valence-corrected chi connectivity index (χ4v) is 2.17. The van der Waals surface area contributed by atoms with Crippen LogP contribution in [0.25, 0.3) is 0 Å². The predicted octanol–water partition coefficient (Wildman–Crippen LogP) is 1.77. The molecule has 1 N–H and O–H groups in total. The van der Waals surface area contributed by atoms with Crippen molar-refractivity contribution in [1.29, 1.82) is 0 Å². The minimum absolute atomic E-state index is 0.0755. The van der Waals surface area contributed by atoms with Crippen molar-refractivity contribution in [3.8, 4) is 11.5 Å². The average molecular weight is 235 g/mol. The van der Waals surface area contributed by atoms with Crippen LogP contribution in [-0.2, 0) is 6.42 Å². The van der Waals surface area contributed by atoms with E-state index in [0.29, 0.717) is 17.1 Å². The summed E-state index contributed by atoms with van der Waals surface area (Å²) in [6, 6.07) is 3.57. The lowest BCUT2D eigenvalue weighted by Gasteiger charge is -2.33. The molecule has 0 spiro atoms. The Kier molecular flexibility index (Phi) is 2.73. The highest BCUT2D eigenvalue weighted by atomic mass is 16.5. The number of methoxy groups -OCH3 is 2. The van der Waals surface area contributed by atoms with Gasteiger partial charge in [-0.05, 0) is 26.3 Å². The molecule has 0 aliphatic carbocycles. The van der Waals surface area contributed by atoms with Crippen LogP contribution in [-0.4, -0.2) is 25.7 Å². The van der Waals surface area contributed by atoms with Gasteiger partial charge in [-0.15, -0.1) is 0 Å². The molecular formula is C13H17NO3. The summed E-state index contributed by atoms with van der Waals surface area (Å²) in [5.41, 5.74) is 1.34. The molecule has 1 heterocycles. The van der Waals surface area contributed by atoms with E-state index in [1.54, 1.807) is 20.3 Å². The topological polar surface area (TPSA) is 47.6 Å². The first kappa shape index (κ1) is 11.8. The van der Waals surface area contributed by atoms with Gasteiger partial charge in [0.2, 0.25) is 0 Å². The summed E-state index contributed by atoms with van der Waals surface area (Å²) in [5, 5.41) is 2.96. The molecule has 1 aliphatic heterocycles. The molecule has 1 aliphatic rings. The minimum Gasteiger partial charge on any atom is -0.497 e. The van der Waals surface area contributed by atoms with E-state index in [0.717, 1.165) is 12.0 Å². The lowest BCUT2D eigenvalue weighted by atomic mass is 9.86. The number of nitrogens with one attached hydrogen (secondary N) is 1. The number of hydrogen-bond donors (Lipinski definition) is 1. The Bertz CT molecular complexity index is 466. The van der Waals surface area contributed by atoms with Crippen LogP contribution in [0.5, 0.6) is 11.5 Å². The highest BCUT2D eigenvalue weighted by Crippen LogP contribution is 2.34. The third-order valence-corrected chi connectivity index (χ3v) is 2.95. The van der Waals surface area contributed by atoms with Gasteiger partial charge < -0.3 is 14.8 Å². The molecule has 0 aromatic heterocycles. The van der Waals surface area contributed by atoms with E-state index in [2.05, 4.69) is 5.32 Å². The Morgan fingerprint density at radius 1 is 1.24 bits per heavy atom. The maximum absolute atomic E-state index is 12.0. The number of fused-ring (bicyclic) bond motifs is 1. The van der Waals surface area contributed by atoms with Crippen LogP contribution in [0.2, 0.25) is 0 Å². The Labute approximate surface area is 101 Å². The molecule has 1 aromatic rings. The Morgan fingerprint density at radius 2 is 1.94 bits per heavy atom. The Hall–Kier alpha value is -1.71. The van der Waals surface area contributed by atoms with Crippen LogP contribution < -0.4 is 14.8 Å². The van der Waals surface area contributed by atoms with Crippen LogP contribution >= 0.6 is 0 Å². The molecule has 1 aromatic carbocycles. The highest BCUT2D eigenvalue weighted by Gasteiger charge is 2.32. The summed E-state index contributed by atoms with van der Waals surface area (Å²) in [4.78, 5) is 12.0. The summed E-state index contributed by atoms with van der Waals surface area (Å²) in [6.45, 7) is 4.00. The smallest absolute Gasteiger partial charge is 0.252 e. The van der Waals surface area contributed by atoms with Gasteiger partial charge >= 0.3 is 0 Å². The second kappa shape index (κ2) is 3.95. The Balaban J connectivity index is 2.58. The zero-order chi connectivity index (χ0) is 12.6. The molecule has 0 saturated heterocycles. The maximum atomic E-state index is 12.0. The van der Waals surface area contributed by atoms with Gasteiger partial charge in [-0.25, -0.2) is 0 Å². The van der Waals surface area contributed by atoms with E-state index in [1.165, 1.54) is 0 Å². The SMILES string of the molecule is COc1cc(OC)c2c(c1)C(=O)NC(C)(C)C2. The van der Waals surface area contributed by atoms with Crippen LogP contribution in [0, 0.1) is 0 Å². The van der Waals surface area contributed by atoms with Crippen LogP contribution in [0.15, 0.2) is 12.1 Å². The van der Waals surface area contributed by atoms with Crippen molar-refractivity contribution in [2.45, 2.75) is 25.8 Å². The average Bonchev–Trinajstić information content (AvgIpc) is 2.26. The number of rotatable bonds is 2. The fourth-order valence-electron chi connectivity index (χ4n) is 2.17. The Morgan fingerprint density at radius 3 is 2.53 bits per heavy atom. The number of carbonyl (C=O) groups is 1. The second-order valence-corrected chi connectivity index (χ2v) is 4.87. The number of carbonyl (C=O) groups excluding carboxylic acids is 1. The lowest BCUT2D eigenvalue weighted by Crippen LogP contribution is -2.49. The van der Waals surface area contributed by atoms with Gasteiger partial charge in [0.25, 0.3) is 5.91 Å². The normalized spacial score (nSPS) is 17.1. The number of benzene rings is 1. The lowest BCUT2D eigenvalue weighted by molar-refractivity contribution is 0.0895. The summed E-state index contributed by atoms with van der Waals surface area (Å²) in [5.74, 6) is 1.27. The molecule has 0 unspecified atom stereocenters.